The van der Waals surface area contributed by atoms with E-state index in [1.54, 1.807) is 6.07 Å². The second-order valence-electron chi connectivity index (χ2n) is 6.80. The highest BCUT2D eigenvalue weighted by Crippen LogP contribution is 2.39. The minimum absolute atomic E-state index is 0.00451. The molecule has 2 N–H and O–H groups in total. The average molecular weight is 410 g/mol. The molecule has 4 rings (SSSR count). The second kappa shape index (κ2) is 6.94. The quantitative estimate of drug-likeness (QED) is 0.805. The molecular formula is C17H17F3N6O3. The van der Waals surface area contributed by atoms with Crippen LogP contribution in [0.15, 0.2) is 29.0 Å². The molecule has 1 fully saturated rings. The van der Waals surface area contributed by atoms with E-state index in [0.29, 0.717) is 25.2 Å². The van der Waals surface area contributed by atoms with Gasteiger partial charge in [-0.15, -0.1) is 0 Å². The third-order valence-electron chi connectivity index (χ3n) is 4.89. The summed E-state index contributed by atoms with van der Waals surface area (Å²) in [4.78, 5) is 36.5. The van der Waals surface area contributed by atoms with Crippen LogP contribution in [0.1, 0.15) is 23.8 Å². The Morgan fingerprint density at radius 3 is 2.83 bits per heavy atom. The van der Waals surface area contributed by atoms with Gasteiger partial charge in [0.2, 0.25) is 0 Å². The number of anilines is 3. The van der Waals surface area contributed by atoms with Crippen molar-refractivity contribution in [1.82, 2.24) is 15.3 Å². The summed E-state index contributed by atoms with van der Waals surface area (Å²) in [6.45, 7) is 2.13. The highest BCUT2D eigenvalue weighted by molar-refractivity contribution is 6.04. The molecule has 0 radical (unpaired) electrons. The predicted octanol–water partition coefficient (Wildman–Crippen LogP) is 2.38. The van der Waals surface area contributed by atoms with Crippen LogP contribution in [0, 0.1) is 0 Å². The molecular weight excluding hydrogens is 393 g/mol. The van der Waals surface area contributed by atoms with Crippen LogP contribution in [-0.4, -0.2) is 53.3 Å². The monoisotopic (exact) mass is 410 g/mol. The predicted molar refractivity (Wildman–Crippen MR) is 95.8 cm³/mol. The largest absolute Gasteiger partial charge is 0.432 e. The lowest BCUT2D eigenvalue weighted by Crippen LogP contribution is -2.49. The first-order valence-electron chi connectivity index (χ1n) is 8.87. The van der Waals surface area contributed by atoms with E-state index in [1.165, 1.54) is 23.4 Å². The van der Waals surface area contributed by atoms with Crippen LogP contribution in [0.25, 0.3) is 0 Å². The molecule has 1 saturated heterocycles. The number of hydrogen-bond donors (Lipinski definition) is 2. The van der Waals surface area contributed by atoms with Crippen LogP contribution >= 0.6 is 0 Å². The number of hydrogen-bond acceptors (Lipinski definition) is 6. The fraction of sp³-hybridized carbons (Fsp3) is 0.412. The van der Waals surface area contributed by atoms with Gasteiger partial charge in [0, 0.05) is 13.1 Å². The molecule has 2 atom stereocenters. The van der Waals surface area contributed by atoms with Crippen molar-refractivity contribution >= 4 is 29.5 Å². The Bertz CT molecular complexity index is 933. The van der Waals surface area contributed by atoms with Gasteiger partial charge in [-0.05, 0) is 25.5 Å². The third kappa shape index (κ3) is 3.57. The lowest BCUT2D eigenvalue weighted by molar-refractivity contribution is -0.149. The van der Waals surface area contributed by atoms with Crippen molar-refractivity contribution in [3.8, 4) is 0 Å². The normalized spacial score (nSPS) is 19.0. The van der Waals surface area contributed by atoms with E-state index < -0.39 is 24.2 Å². The summed E-state index contributed by atoms with van der Waals surface area (Å²) in [5.41, 5.74) is 0.415. The molecule has 0 spiro atoms. The molecule has 154 valence electrons. The number of amides is 3. The van der Waals surface area contributed by atoms with E-state index in [-0.39, 0.29) is 23.6 Å². The molecule has 0 aromatic carbocycles. The van der Waals surface area contributed by atoms with Crippen LogP contribution in [0.5, 0.6) is 0 Å². The second-order valence-corrected chi connectivity index (χ2v) is 6.80. The van der Waals surface area contributed by atoms with E-state index in [4.69, 9.17) is 4.42 Å². The zero-order valence-electron chi connectivity index (χ0n) is 15.2. The van der Waals surface area contributed by atoms with Gasteiger partial charge in [-0.25, -0.2) is 14.8 Å². The fourth-order valence-corrected chi connectivity index (χ4v) is 3.39. The molecule has 4 heterocycles. The number of alkyl halides is 3. The number of carbonyl (C=O) groups is 2. The Kier molecular flexibility index (Phi) is 4.55. The van der Waals surface area contributed by atoms with Crippen LogP contribution in [0.3, 0.4) is 0 Å². The van der Waals surface area contributed by atoms with Gasteiger partial charge in [0.15, 0.2) is 5.82 Å². The Morgan fingerprint density at radius 1 is 1.34 bits per heavy atom. The minimum Gasteiger partial charge on any atom is -0.432 e. The maximum absolute atomic E-state index is 12.8. The number of aromatic nitrogens is 2. The van der Waals surface area contributed by atoms with Crippen molar-refractivity contribution in [1.29, 1.82) is 0 Å². The Hall–Kier alpha value is -3.31. The number of fused-ring (bicyclic) bond motifs is 4. The highest BCUT2D eigenvalue weighted by atomic mass is 19.4. The average Bonchev–Trinajstić information content (AvgIpc) is 3.31. The topological polar surface area (TPSA) is 104 Å². The van der Waals surface area contributed by atoms with Crippen LogP contribution in [-0.2, 0) is 0 Å². The lowest BCUT2D eigenvalue weighted by atomic mass is 10.1. The summed E-state index contributed by atoms with van der Waals surface area (Å²) in [6, 6.07) is 0.163. The Balaban J connectivity index is 1.63. The summed E-state index contributed by atoms with van der Waals surface area (Å²) in [6.07, 6.45) is -1.21. The van der Waals surface area contributed by atoms with Gasteiger partial charge in [-0.3, -0.25) is 15.0 Å². The maximum atomic E-state index is 12.8. The molecule has 0 unspecified atom stereocenters. The molecule has 0 saturated carbocycles. The van der Waals surface area contributed by atoms with Crippen LogP contribution in [0.4, 0.5) is 35.5 Å². The molecule has 2 aliphatic rings. The van der Waals surface area contributed by atoms with Crippen molar-refractivity contribution in [2.45, 2.75) is 31.6 Å². The molecule has 3 amide bonds. The molecule has 9 nitrogen and oxygen atoms in total. The number of nitrogens with zero attached hydrogens (tertiary/aromatic N) is 4. The molecule has 2 aromatic rings. The van der Waals surface area contributed by atoms with Crippen molar-refractivity contribution in [2.75, 3.05) is 28.2 Å². The number of rotatable bonds is 3. The van der Waals surface area contributed by atoms with E-state index in [9.17, 15) is 22.8 Å². The van der Waals surface area contributed by atoms with Gasteiger partial charge in [-0.2, -0.15) is 13.2 Å². The molecule has 2 bridgehead atoms. The highest BCUT2D eigenvalue weighted by Gasteiger charge is 2.41. The van der Waals surface area contributed by atoms with Crippen molar-refractivity contribution in [3.63, 3.8) is 0 Å². The molecule has 29 heavy (non-hydrogen) atoms. The summed E-state index contributed by atoms with van der Waals surface area (Å²) >= 11 is 0. The third-order valence-corrected chi connectivity index (χ3v) is 4.89. The molecule has 12 heteroatoms. The smallest absolute Gasteiger partial charge is 0.408 e. The summed E-state index contributed by atoms with van der Waals surface area (Å²) in [7, 11) is 0. The Labute approximate surface area is 162 Å². The zero-order valence-corrected chi connectivity index (χ0v) is 15.2. The molecule has 2 aliphatic heterocycles. The van der Waals surface area contributed by atoms with Gasteiger partial charge in [0.1, 0.15) is 18.0 Å². The number of pyridine rings is 1. The number of oxazole rings is 1. The number of carbonyl (C=O) groups excluding carboxylic acids is 2. The van der Waals surface area contributed by atoms with Crippen LogP contribution < -0.4 is 20.4 Å². The van der Waals surface area contributed by atoms with Gasteiger partial charge < -0.3 is 14.6 Å². The SMILES string of the molecule is C[C@@H](NC(=O)c1ccc2c(n1)N(C(=O)Nc1ncco1)[C@H]1CCN2C1)C(F)(F)F. The number of nitrogens with one attached hydrogen (secondary N) is 2. The zero-order chi connectivity index (χ0) is 20.8. The van der Waals surface area contributed by atoms with E-state index >= 15 is 0 Å². The first-order chi connectivity index (χ1) is 13.7. The van der Waals surface area contributed by atoms with E-state index in [0.717, 1.165) is 6.92 Å². The van der Waals surface area contributed by atoms with Gasteiger partial charge in [0.25, 0.3) is 5.91 Å². The first kappa shape index (κ1) is 19.0. The Morgan fingerprint density at radius 2 is 2.14 bits per heavy atom. The van der Waals surface area contributed by atoms with E-state index in [2.05, 4.69) is 15.3 Å². The summed E-state index contributed by atoms with van der Waals surface area (Å²) < 4.78 is 43.2. The van der Waals surface area contributed by atoms with Crippen molar-refractivity contribution in [2.24, 2.45) is 0 Å². The van der Waals surface area contributed by atoms with Gasteiger partial charge >= 0.3 is 18.2 Å². The van der Waals surface area contributed by atoms with Gasteiger partial charge in [-0.1, -0.05) is 0 Å². The summed E-state index contributed by atoms with van der Waals surface area (Å²) in [5.74, 6) is -0.770. The lowest BCUT2D eigenvalue weighted by Gasteiger charge is -2.35. The van der Waals surface area contributed by atoms with E-state index in [1.807, 2.05) is 10.2 Å². The van der Waals surface area contributed by atoms with Crippen molar-refractivity contribution in [3.05, 3.63) is 30.3 Å². The van der Waals surface area contributed by atoms with Gasteiger partial charge in [0.05, 0.1) is 17.9 Å². The maximum Gasteiger partial charge on any atom is 0.408 e. The summed E-state index contributed by atoms with van der Waals surface area (Å²) in [5, 5.41) is 4.39. The standard InChI is InChI=1S/C17H17F3N6O3/c1-9(17(18,19)20)22-14(27)11-2-3-12-13(23-11)26(10-4-6-25(12)8-10)16(28)24-15-21-5-7-29-15/h2-3,5,7,9-10H,4,6,8H2,1H3,(H,22,27)(H,21,24,28)/t9-,10+/m1/s1. The molecule has 2 aromatic heterocycles. The minimum atomic E-state index is -4.57. The first-order valence-corrected chi connectivity index (χ1v) is 8.87. The molecule has 0 aliphatic carbocycles. The fourth-order valence-electron chi connectivity index (χ4n) is 3.39. The van der Waals surface area contributed by atoms with Crippen LogP contribution in [0.2, 0.25) is 0 Å². The number of urea groups is 1. The van der Waals surface area contributed by atoms with Crippen molar-refractivity contribution < 1.29 is 27.2 Å². The number of halogens is 3.